The van der Waals surface area contributed by atoms with Crippen LogP contribution in [0, 0.1) is 0 Å². The number of hydrogen-bond donors (Lipinski definition) is 3. The van der Waals surface area contributed by atoms with Crippen LogP contribution < -0.4 is 11.1 Å². The third-order valence-electron chi connectivity index (χ3n) is 2.76. The predicted octanol–water partition coefficient (Wildman–Crippen LogP) is -1.47. The van der Waals surface area contributed by atoms with Crippen molar-refractivity contribution in [3.8, 4) is 0 Å². The van der Waals surface area contributed by atoms with Gasteiger partial charge in [-0.3, -0.25) is 9.48 Å². The van der Waals surface area contributed by atoms with Gasteiger partial charge >= 0.3 is 5.97 Å². The smallest absolute Gasteiger partial charge is 0.358 e. The number of carboxylic acids is 1. The highest BCUT2D eigenvalue weighted by atomic mass is 16.4. The number of aromatic nitrogens is 5. The second kappa shape index (κ2) is 6.13. The van der Waals surface area contributed by atoms with Crippen LogP contribution in [-0.4, -0.2) is 48.3 Å². The Morgan fingerprint density at radius 3 is 2.81 bits per heavy atom. The molecule has 0 aliphatic rings. The van der Waals surface area contributed by atoms with Crippen LogP contribution in [0.4, 0.5) is 0 Å². The van der Waals surface area contributed by atoms with E-state index in [1.165, 1.54) is 17.1 Å². The lowest BCUT2D eigenvalue weighted by molar-refractivity contribution is -0.122. The van der Waals surface area contributed by atoms with Crippen molar-refractivity contribution in [2.45, 2.75) is 12.6 Å². The second-order valence-electron chi connectivity index (χ2n) is 4.39. The molecule has 2 rings (SSSR count). The first-order valence-electron chi connectivity index (χ1n) is 6.12. The summed E-state index contributed by atoms with van der Waals surface area (Å²) < 4.78 is 2.89. The molecular weight excluding hydrogens is 278 g/mol. The summed E-state index contributed by atoms with van der Waals surface area (Å²) in [6.45, 7) is 0.557. The van der Waals surface area contributed by atoms with Crippen molar-refractivity contribution < 1.29 is 14.7 Å². The summed E-state index contributed by atoms with van der Waals surface area (Å²) in [6.07, 6.45) is 4.48. The van der Waals surface area contributed by atoms with E-state index < -0.39 is 12.0 Å². The van der Waals surface area contributed by atoms with Crippen molar-refractivity contribution in [3.63, 3.8) is 0 Å². The number of nitrogens with two attached hydrogens (primary N) is 1. The van der Waals surface area contributed by atoms with Gasteiger partial charge in [-0.15, -0.1) is 5.10 Å². The molecule has 10 heteroatoms. The average Bonchev–Trinajstić information content (AvgIpc) is 3.07. The molecule has 1 amide bonds. The number of nitrogens with zero attached hydrogens (tertiary/aromatic N) is 5. The second-order valence-corrected chi connectivity index (χ2v) is 4.39. The Morgan fingerprint density at radius 2 is 2.24 bits per heavy atom. The van der Waals surface area contributed by atoms with Crippen LogP contribution in [0.1, 0.15) is 22.1 Å². The third kappa shape index (κ3) is 3.63. The molecule has 0 aliphatic carbocycles. The highest BCUT2D eigenvalue weighted by molar-refractivity contribution is 5.84. The Morgan fingerprint density at radius 1 is 1.48 bits per heavy atom. The number of nitrogens with one attached hydrogen (secondary N) is 1. The van der Waals surface area contributed by atoms with Crippen molar-refractivity contribution in [2.75, 3.05) is 6.54 Å². The van der Waals surface area contributed by atoms with Crippen molar-refractivity contribution in [1.29, 1.82) is 0 Å². The molecule has 2 heterocycles. The molecule has 0 saturated heterocycles. The molecule has 112 valence electrons. The zero-order chi connectivity index (χ0) is 15.4. The number of amides is 1. The van der Waals surface area contributed by atoms with Crippen molar-refractivity contribution in [2.24, 2.45) is 12.8 Å². The lowest BCUT2D eigenvalue weighted by Crippen LogP contribution is -2.35. The maximum Gasteiger partial charge on any atom is 0.358 e. The minimum Gasteiger partial charge on any atom is -0.476 e. The minimum absolute atomic E-state index is 0.145. The summed E-state index contributed by atoms with van der Waals surface area (Å²) >= 11 is 0. The summed E-state index contributed by atoms with van der Waals surface area (Å²) in [5.41, 5.74) is 6.27. The van der Waals surface area contributed by atoms with E-state index >= 15 is 0 Å². The predicted molar refractivity (Wildman–Crippen MR) is 70.1 cm³/mol. The Hall–Kier alpha value is -2.75. The van der Waals surface area contributed by atoms with Gasteiger partial charge in [0, 0.05) is 25.4 Å². The Balaban J connectivity index is 1.82. The molecule has 2 aromatic rings. The maximum atomic E-state index is 11.8. The Bertz CT molecular complexity index is 648. The molecule has 0 saturated carbocycles. The number of aromatic carboxylic acids is 1. The van der Waals surface area contributed by atoms with Crippen LogP contribution >= 0.6 is 0 Å². The quantitative estimate of drug-likeness (QED) is 0.590. The number of carbonyl (C=O) groups is 2. The van der Waals surface area contributed by atoms with Gasteiger partial charge in [0.15, 0.2) is 5.69 Å². The zero-order valence-electron chi connectivity index (χ0n) is 11.3. The van der Waals surface area contributed by atoms with Gasteiger partial charge in [0.25, 0.3) is 0 Å². The Kier molecular flexibility index (Phi) is 4.28. The van der Waals surface area contributed by atoms with Gasteiger partial charge in [-0.25, -0.2) is 9.48 Å². The van der Waals surface area contributed by atoms with Crippen LogP contribution in [0.25, 0.3) is 0 Å². The van der Waals surface area contributed by atoms with Crippen molar-refractivity contribution in [3.05, 3.63) is 29.8 Å². The molecule has 0 radical (unpaired) electrons. The number of rotatable bonds is 6. The molecule has 0 aromatic carbocycles. The van der Waals surface area contributed by atoms with E-state index in [2.05, 4.69) is 20.7 Å². The van der Waals surface area contributed by atoms with Crippen LogP contribution in [0.2, 0.25) is 0 Å². The van der Waals surface area contributed by atoms with Crippen LogP contribution in [0.3, 0.4) is 0 Å². The van der Waals surface area contributed by atoms with Crippen LogP contribution in [-0.2, 0) is 18.4 Å². The molecule has 0 spiro atoms. The summed E-state index contributed by atoms with van der Waals surface area (Å²) in [6, 6.07) is -0.802. The molecule has 10 nitrogen and oxygen atoms in total. The van der Waals surface area contributed by atoms with Gasteiger partial charge in [0.05, 0.1) is 18.9 Å². The Labute approximate surface area is 119 Å². The number of hydrogen-bond acceptors (Lipinski definition) is 6. The third-order valence-corrected chi connectivity index (χ3v) is 2.76. The maximum absolute atomic E-state index is 11.8. The first-order chi connectivity index (χ1) is 9.97. The van der Waals surface area contributed by atoms with Gasteiger partial charge in [0.2, 0.25) is 5.91 Å². The molecular formula is C11H15N7O3. The van der Waals surface area contributed by atoms with Gasteiger partial charge in [-0.1, -0.05) is 5.21 Å². The van der Waals surface area contributed by atoms with E-state index in [-0.39, 0.29) is 18.1 Å². The fraction of sp³-hybridized carbons (Fsp3) is 0.364. The standard InChI is InChI=1S/C11H15N7O3/c1-17-5-7(4-14-17)9(12)10(19)13-2-3-18-6-8(11(20)21)15-16-18/h4-6,9H,2-3,12H2,1H3,(H,13,19)(H,20,21). The normalized spacial score (nSPS) is 12.1. The molecule has 21 heavy (non-hydrogen) atoms. The number of carboxylic acid groups (broad SMARTS) is 1. The molecule has 0 aliphatic heterocycles. The largest absolute Gasteiger partial charge is 0.476 e. The number of carbonyl (C=O) groups excluding carboxylic acids is 1. The van der Waals surface area contributed by atoms with Crippen molar-refractivity contribution >= 4 is 11.9 Å². The molecule has 1 atom stereocenters. The van der Waals surface area contributed by atoms with Gasteiger partial charge in [-0.05, 0) is 0 Å². The van der Waals surface area contributed by atoms with E-state index in [9.17, 15) is 9.59 Å². The molecule has 0 fully saturated rings. The van der Waals surface area contributed by atoms with E-state index in [0.29, 0.717) is 12.1 Å². The van der Waals surface area contributed by atoms with Crippen molar-refractivity contribution in [1.82, 2.24) is 30.1 Å². The topological polar surface area (TPSA) is 141 Å². The lowest BCUT2D eigenvalue weighted by Gasteiger charge is -2.10. The number of aryl methyl sites for hydroxylation is 1. The monoisotopic (exact) mass is 293 g/mol. The summed E-state index contributed by atoms with van der Waals surface area (Å²) in [5.74, 6) is -1.49. The highest BCUT2D eigenvalue weighted by Gasteiger charge is 2.16. The van der Waals surface area contributed by atoms with E-state index in [1.54, 1.807) is 17.9 Å². The summed E-state index contributed by atoms with van der Waals surface area (Å²) in [4.78, 5) is 22.5. The average molecular weight is 293 g/mol. The summed E-state index contributed by atoms with van der Waals surface area (Å²) in [5, 5.41) is 22.4. The van der Waals surface area contributed by atoms with E-state index in [0.717, 1.165) is 0 Å². The van der Waals surface area contributed by atoms with Crippen LogP contribution in [0.5, 0.6) is 0 Å². The lowest BCUT2D eigenvalue weighted by atomic mass is 10.1. The van der Waals surface area contributed by atoms with Gasteiger partial charge in [-0.2, -0.15) is 5.10 Å². The van der Waals surface area contributed by atoms with Crippen LogP contribution in [0.15, 0.2) is 18.6 Å². The van der Waals surface area contributed by atoms with E-state index in [1.807, 2.05) is 0 Å². The fourth-order valence-electron chi connectivity index (χ4n) is 1.66. The highest BCUT2D eigenvalue weighted by Crippen LogP contribution is 2.07. The molecule has 1 unspecified atom stereocenters. The first-order valence-corrected chi connectivity index (χ1v) is 6.12. The zero-order valence-corrected chi connectivity index (χ0v) is 11.3. The molecule has 0 bridgehead atoms. The SMILES string of the molecule is Cn1cc(C(N)C(=O)NCCn2cc(C(=O)O)nn2)cn1. The molecule has 4 N–H and O–H groups in total. The van der Waals surface area contributed by atoms with Gasteiger partial charge in [0.1, 0.15) is 6.04 Å². The minimum atomic E-state index is -1.15. The van der Waals surface area contributed by atoms with E-state index in [4.69, 9.17) is 10.8 Å². The fourth-order valence-corrected chi connectivity index (χ4v) is 1.66. The summed E-state index contributed by atoms with van der Waals surface area (Å²) in [7, 11) is 1.73. The first kappa shape index (κ1) is 14.7. The molecule has 2 aromatic heterocycles. The van der Waals surface area contributed by atoms with Gasteiger partial charge < -0.3 is 16.2 Å².